The number of H-pyrrole nitrogens is 1. The van der Waals surface area contributed by atoms with Gasteiger partial charge in [0.2, 0.25) is 5.12 Å². The summed E-state index contributed by atoms with van der Waals surface area (Å²) in [7, 11) is 0. The number of fused-ring (bicyclic) bond motifs is 2. The fraction of sp³-hybridized carbons (Fsp3) is 0. The predicted octanol–water partition coefficient (Wildman–Crippen LogP) is 4.65. The highest BCUT2D eigenvalue weighted by atomic mass is 32.2. The molecule has 0 amide bonds. The Bertz CT molecular complexity index is 952. The number of rotatable bonds is 2. The van der Waals surface area contributed by atoms with E-state index in [1.54, 1.807) is 0 Å². The minimum Gasteiger partial charge on any atom is -0.333 e. The number of hydrogen-bond acceptors (Lipinski definition) is 3. The molecular weight excluding hydrogens is 292 g/mol. The number of para-hydroxylation sites is 2. The molecular formula is C18H12N2OS. The van der Waals surface area contributed by atoms with Crippen LogP contribution in [0.5, 0.6) is 0 Å². The maximum atomic E-state index is 12.6. The molecule has 0 saturated heterocycles. The standard InChI is InChI=1S/C18H12N2OS/c21-17(14-9-5-7-12-6-1-2-8-13(12)14)22-18-19-15-10-3-4-11-16(15)20-18/h1-11H,(H,19,20). The summed E-state index contributed by atoms with van der Waals surface area (Å²) < 4.78 is 0. The van der Waals surface area contributed by atoms with Crippen LogP contribution in [0.4, 0.5) is 0 Å². The molecule has 3 nitrogen and oxygen atoms in total. The lowest BCUT2D eigenvalue weighted by Gasteiger charge is -2.03. The van der Waals surface area contributed by atoms with Crippen LogP contribution in [0, 0.1) is 0 Å². The first-order valence-corrected chi connectivity index (χ1v) is 7.77. The number of aromatic nitrogens is 2. The smallest absolute Gasteiger partial charge is 0.227 e. The lowest BCUT2D eigenvalue weighted by atomic mass is 10.1. The molecule has 0 radical (unpaired) electrons. The van der Waals surface area contributed by atoms with E-state index in [2.05, 4.69) is 9.97 Å². The number of hydrogen-bond donors (Lipinski definition) is 1. The molecule has 0 aliphatic carbocycles. The van der Waals surface area contributed by atoms with Gasteiger partial charge in [0.05, 0.1) is 11.0 Å². The Morgan fingerprint density at radius 3 is 2.59 bits per heavy atom. The van der Waals surface area contributed by atoms with Gasteiger partial charge in [0.1, 0.15) is 0 Å². The summed E-state index contributed by atoms with van der Waals surface area (Å²) in [4.78, 5) is 20.2. The van der Waals surface area contributed by atoms with Gasteiger partial charge in [-0.25, -0.2) is 4.98 Å². The second-order valence-corrected chi connectivity index (χ2v) is 5.94. The molecule has 1 aromatic heterocycles. The maximum absolute atomic E-state index is 12.6. The van der Waals surface area contributed by atoms with Gasteiger partial charge in [-0.2, -0.15) is 0 Å². The van der Waals surface area contributed by atoms with E-state index in [-0.39, 0.29) is 5.12 Å². The number of thioether (sulfide) groups is 1. The molecule has 0 bridgehead atoms. The number of aromatic amines is 1. The number of nitrogens with zero attached hydrogens (tertiary/aromatic N) is 1. The summed E-state index contributed by atoms with van der Waals surface area (Å²) in [5.74, 6) is 0. The molecule has 0 aliphatic rings. The van der Waals surface area contributed by atoms with Crippen molar-refractivity contribution >= 4 is 38.7 Å². The normalized spacial score (nSPS) is 11.1. The van der Waals surface area contributed by atoms with E-state index in [0.29, 0.717) is 10.7 Å². The molecule has 0 spiro atoms. The van der Waals surface area contributed by atoms with Crippen LogP contribution in [-0.4, -0.2) is 15.1 Å². The van der Waals surface area contributed by atoms with E-state index in [0.717, 1.165) is 33.6 Å². The highest BCUT2D eigenvalue weighted by Gasteiger charge is 2.14. The average molecular weight is 304 g/mol. The molecule has 0 aliphatic heterocycles. The zero-order valence-corrected chi connectivity index (χ0v) is 12.4. The Kier molecular flexibility index (Phi) is 3.16. The van der Waals surface area contributed by atoms with Crippen LogP contribution < -0.4 is 0 Å². The zero-order chi connectivity index (χ0) is 14.9. The lowest BCUT2D eigenvalue weighted by Crippen LogP contribution is -1.95. The Balaban J connectivity index is 1.71. The summed E-state index contributed by atoms with van der Waals surface area (Å²) in [5, 5.41) is 2.66. The molecule has 22 heavy (non-hydrogen) atoms. The third-order valence-corrected chi connectivity index (χ3v) is 4.36. The largest absolute Gasteiger partial charge is 0.333 e. The van der Waals surface area contributed by atoms with E-state index >= 15 is 0 Å². The first-order valence-electron chi connectivity index (χ1n) is 6.96. The molecule has 0 unspecified atom stereocenters. The third-order valence-electron chi connectivity index (χ3n) is 3.57. The fourth-order valence-corrected chi connectivity index (χ4v) is 3.29. The van der Waals surface area contributed by atoms with Crippen LogP contribution in [0.1, 0.15) is 10.4 Å². The second kappa shape index (κ2) is 5.31. The number of imidazole rings is 1. The summed E-state index contributed by atoms with van der Waals surface area (Å²) >= 11 is 1.13. The predicted molar refractivity (Wildman–Crippen MR) is 90.2 cm³/mol. The molecule has 0 saturated carbocycles. The molecule has 0 fully saturated rings. The highest BCUT2D eigenvalue weighted by molar-refractivity contribution is 8.14. The average Bonchev–Trinajstić information content (AvgIpc) is 2.96. The van der Waals surface area contributed by atoms with Crippen molar-refractivity contribution in [2.24, 2.45) is 0 Å². The van der Waals surface area contributed by atoms with Crippen LogP contribution in [0.15, 0.2) is 71.9 Å². The van der Waals surface area contributed by atoms with Crippen LogP contribution in [0.3, 0.4) is 0 Å². The van der Waals surface area contributed by atoms with E-state index in [9.17, 15) is 4.79 Å². The van der Waals surface area contributed by atoms with Gasteiger partial charge in [0.25, 0.3) is 0 Å². The van der Waals surface area contributed by atoms with Crippen molar-refractivity contribution in [1.82, 2.24) is 9.97 Å². The van der Waals surface area contributed by atoms with E-state index < -0.39 is 0 Å². The first-order chi connectivity index (χ1) is 10.8. The molecule has 3 aromatic carbocycles. The SMILES string of the molecule is O=C(Sc1nc2ccccc2[nH]1)c1cccc2ccccc12. The van der Waals surface area contributed by atoms with Crippen LogP contribution in [-0.2, 0) is 0 Å². The van der Waals surface area contributed by atoms with E-state index in [1.807, 2.05) is 66.7 Å². The van der Waals surface area contributed by atoms with E-state index in [4.69, 9.17) is 0 Å². The second-order valence-electron chi connectivity index (χ2n) is 4.98. The van der Waals surface area contributed by atoms with Crippen LogP contribution in [0.25, 0.3) is 21.8 Å². The topological polar surface area (TPSA) is 45.8 Å². The summed E-state index contributed by atoms with van der Waals surface area (Å²) in [6.45, 7) is 0. The van der Waals surface area contributed by atoms with Gasteiger partial charge >= 0.3 is 0 Å². The number of carbonyl (C=O) groups is 1. The summed E-state index contributed by atoms with van der Waals surface area (Å²) in [5.41, 5.74) is 2.52. The quantitative estimate of drug-likeness (QED) is 0.548. The number of carbonyl (C=O) groups excluding carboxylic acids is 1. The molecule has 0 atom stereocenters. The molecule has 4 rings (SSSR count). The van der Waals surface area contributed by atoms with Gasteiger partial charge in [0.15, 0.2) is 5.16 Å². The van der Waals surface area contributed by atoms with Crippen molar-refractivity contribution in [3.8, 4) is 0 Å². The first kappa shape index (κ1) is 13.1. The molecule has 4 aromatic rings. The van der Waals surface area contributed by atoms with Gasteiger partial charge in [0, 0.05) is 5.56 Å². The number of nitrogens with one attached hydrogen (secondary N) is 1. The summed E-state index contributed by atoms with van der Waals surface area (Å²) in [6.07, 6.45) is 0. The van der Waals surface area contributed by atoms with Crippen molar-refractivity contribution < 1.29 is 4.79 Å². The van der Waals surface area contributed by atoms with Gasteiger partial charge in [-0.05, 0) is 40.7 Å². The Hall–Kier alpha value is -2.59. The molecule has 1 heterocycles. The van der Waals surface area contributed by atoms with Crippen molar-refractivity contribution in [1.29, 1.82) is 0 Å². The Morgan fingerprint density at radius 1 is 0.909 bits per heavy atom. The number of benzene rings is 3. The monoisotopic (exact) mass is 304 g/mol. The van der Waals surface area contributed by atoms with Gasteiger partial charge in [-0.1, -0.05) is 48.5 Å². The van der Waals surface area contributed by atoms with Gasteiger partial charge < -0.3 is 4.98 Å². The van der Waals surface area contributed by atoms with Crippen molar-refractivity contribution in [2.45, 2.75) is 5.16 Å². The highest BCUT2D eigenvalue weighted by Crippen LogP contribution is 2.27. The molecule has 1 N–H and O–H groups in total. The Labute approximate surface area is 131 Å². The van der Waals surface area contributed by atoms with Crippen LogP contribution >= 0.6 is 11.8 Å². The van der Waals surface area contributed by atoms with Crippen molar-refractivity contribution in [3.05, 3.63) is 72.3 Å². The van der Waals surface area contributed by atoms with Gasteiger partial charge in [-0.15, -0.1) is 0 Å². The minimum absolute atomic E-state index is 0.00384. The van der Waals surface area contributed by atoms with Crippen molar-refractivity contribution in [3.63, 3.8) is 0 Å². The van der Waals surface area contributed by atoms with E-state index in [1.165, 1.54) is 0 Å². The summed E-state index contributed by atoms with van der Waals surface area (Å²) in [6, 6.07) is 21.5. The lowest BCUT2D eigenvalue weighted by molar-refractivity contribution is 0.109. The van der Waals surface area contributed by atoms with Crippen molar-refractivity contribution in [2.75, 3.05) is 0 Å². The fourth-order valence-electron chi connectivity index (χ4n) is 2.52. The molecule has 4 heteroatoms. The molecule has 106 valence electrons. The Morgan fingerprint density at radius 2 is 1.68 bits per heavy atom. The van der Waals surface area contributed by atoms with Gasteiger partial charge in [-0.3, -0.25) is 4.79 Å². The maximum Gasteiger partial charge on any atom is 0.227 e. The van der Waals surface area contributed by atoms with Crippen LogP contribution in [0.2, 0.25) is 0 Å². The zero-order valence-electron chi connectivity index (χ0n) is 11.6. The third kappa shape index (κ3) is 2.27. The minimum atomic E-state index is -0.00384.